The van der Waals surface area contributed by atoms with Crippen LogP contribution in [-0.4, -0.2) is 28.2 Å². The molecule has 0 spiro atoms. The van der Waals surface area contributed by atoms with Crippen LogP contribution in [0.3, 0.4) is 0 Å². The van der Waals surface area contributed by atoms with Crippen LogP contribution in [0.2, 0.25) is 0 Å². The number of H-pyrrole nitrogens is 1. The molecule has 0 aliphatic carbocycles. The lowest BCUT2D eigenvalue weighted by Gasteiger charge is -2.13. The Hall–Kier alpha value is -2.37. The van der Waals surface area contributed by atoms with Crippen molar-refractivity contribution in [2.24, 2.45) is 0 Å². The number of carbonyl (C=O) groups is 1. The van der Waals surface area contributed by atoms with Crippen molar-refractivity contribution in [1.82, 2.24) is 15.2 Å². The molecule has 0 unspecified atom stereocenters. The maximum atomic E-state index is 12.2. The summed E-state index contributed by atoms with van der Waals surface area (Å²) in [6.07, 6.45) is 1.72. The SMILES string of the molecule is CCCc1nc(C(=O)Nc2ccc(C)c(OC)c2C)n[nH]1. The van der Waals surface area contributed by atoms with E-state index in [2.05, 4.69) is 20.5 Å². The zero-order chi connectivity index (χ0) is 15.4. The molecule has 0 aliphatic heterocycles. The number of ether oxygens (including phenoxy) is 1. The molecule has 0 aliphatic rings. The van der Waals surface area contributed by atoms with Crippen LogP contribution in [0.4, 0.5) is 5.69 Å². The first-order valence-electron chi connectivity index (χ1n) is 6.93. The average molecular weight is 288 g/mol. The number of nitrogens with zero attached hydrogens (tertiary/aromatic N) is 2. The standard InChI is InChI=1S/C15H20N4O2/c1-5-6-12-17-14(19-18-12)15(20)16-11-8-7-9(2)13(21-4)10(11)3/h7-8H,5-6H2,1-4H3,(H,16,20)(H,17,18,19). The van der Waals surface area contributed by atoms with E-state index in [1.807, 2.05) is 32.9 Å². The topological polar surface area (TPSA) is 79.9 Å². The van der Waals surface area contributed by atoms with E-state index in [9.17, 15) is 4.79 Å². The molecular formula is C15H20N4O2. The fraction of sp³-hybridized carbons (Fsp3) is 0.400. The summed E-state index contributed by atoms with van der Waals surface area (Å²) in [5, 5.41) is 9.53. The van der Waals surface area contributed by atoms with Crippen LogP contribution < -0.4 is 10.1 Å². The molecule has 112 valence electrons. The Labute approximate surface area is 123 Å². The van der Waals surface area contributed by atoms with Gasteiger partial charge in [-0.05, 0) is 31.9 Å². The number of hydrogen-bond acceptors (Lipinski definition) is 4. The molecule has 6 heteroatoms. The van der Waals surface area contributed by atoms with E-state index >= 15 is 0 Å². The largest absolute Gasteiger partial charge is 0.496 e. The molecule has 0 saturated carbocycles. The van der Waals surface area contributed by atoms with Crippen molar-refractivity contribution in [1.29, 1.82) is 0 Å². The number of aryl methyl sites for hydroxylation is 2. The molecule has 0 radical (unpaired) electrons. The Morgan fingerprint density at radius 2 is 2.14 bits per heavy atom. The van der Waals surface area contributed by atoms with Crippen molar-refractivity contribution >= 4 is 11.6 Å². The Morgan fingerprint density at radius 3 is 2.81 bits per heavy atom. The van der Waals surface area contributed by atoms with Crippen LogP contribution in [0.15, 0.2) is 12.1 Å². The van der Waals surface area contributed by atoms with Crippen LogP contribution in [0, 0.1) is 13.8 Å². The predicted molar refractivity (Wildman–Crippen MR) is 80.8 cm³/mol. The minimum Gasteiger partial charge on any atom is -0.496 e. The number of hydrogen-bond donors (Lipinski definition) is 2. The van der Waals surface area contributed by atoms with E-state index in [0.717, 1.165) is 35.5 Å². The minimum atomic E-state index is -0.331. The Balaban J connectivity index is 2.19. The minimum absolute atomic E-state index is 0.150. The van der Waals surface area contributed by atoms with E-state index < -0.39 is 0 Å². The molecule has 0 fully saturated rings. The second kappa shape index (κ2) is 6.39. The summed E-state index contributed by atoms with van der Waals surface area (Å²) in [5.41, 5.74) is 2.61. The molecule has 0 atom stereocenters. The highest BCUT2D eigenvalue weighted by molar-refractivity contribution is 6.02. The number of carbonyl (C=O) groups excluding carboxylic acids is 1. The normalized spacial score (nSPS) is 10.5. The maximum Gasteiger partial charge on any atom is 0.295 e. The molecule has 2 aromatic rings. The van der Waals surface area contributed by atoms with Gasteiger partial charge in [0, 0.05) is 17.7 Å². The first-order chi connectivity index (χ1) is 10.1. The first kappa shape index (κ1) is 15.0. The first-order valence-corrected chi connectivity index (χ1v) is 6.93. The highest BCUT2D eigenvalue weighted by Gasteiger charge is 2.15. The maximum absolute atomic E-state index is 12.2. The van der Waals surface area contributed by atoms with Crippen molar-refractivity contribution in [2.45, 2.75) is 33.6 Å². The Bertz CT molecular complexity index is 649. The van der Waals surface area contributed by atoms with Crippen molar-refractivity contribution < 1.29 is 9.53 Å². The second-order valence-corrected chi connectivity index (χ2v) is 4.90. The molecule has 1 amide bonds. The Kier molecular flexibility index (Phi) is 4.57. The van der Waals surface area contributed by atoms with Gasteiger partial charge in [-0.25, -0.2) is 4.98 Å². The van der Waals surface area contributed by atoms with Crippen LogP contribution in [-0.2, 0) is 6.42 Å². The zero-order valence-electron chi connectivity index (χ0n) is 12.8. The van der Waals surface area contributed by atoms with Crippen LogP contribution in [0.1, 0.15) is 40.9 Å². The van der Waals surface area contributed by atoms with Gasteiger partial charge >= 0.3 is 0 Å². The fourth-order valence-electron chi connectivity index (χ4n) is 2.20. The van der Waals surface area contributed by atoms with Gasteiger partial charge in [-0.3, -0.25) is 9.89 Å². The summed E-state index contributed by atoms with van der Waals surface area (Å²) < 4.78 is 5.35. The lowest BCUT2D eigenvalue weighted by Crippen LogP contribution is -2.15. The van der Waals surface area contributed by atoms with Crippen LogP contribution in [0.5, 0.6) is 5.75 Å². The van der Waals surface area contributed by atoms with E-state index in [0.29, 0.717) is 5.69 Å². The lowest BCUT2D eigenvalue weighted by molar-refractivity contribution is 0.101. The molecule has 1 heterocycles. The number of nitrogens with one attached hydrogen (secondary N) is 2. The number of anilines is 1. The fourth-order valence-corrected chi connectivity index (χ4v) is 2.20. The third kappa shape index (κ3) is 3.21. The second-order valence-electron chi connectivity index (χ2n) is 4.90. The average Bonchev–Trinajstić information content (AvgIpc) is 2.92. The quantitative estimate of drug-likeness (QED) is 0.886. The van der Waals surface area contributed by atoms with Crippen LogP contribution >= 0.6 is 0 Å². The van der Waals surface area contributed by atoms with Crippen molar-refractivity contribution in [3.8, 4) is 5.75 Å². The van der Waals surface area contributed by atoms with Crippen molar-refractivity contribution in [2.75, 3.05) is 12.4 Å². The van der Waals surface area contributed by atoms with E-state index in [1.54, 1.807) is 7.11 Å². The van der Waals surface area contributed by atoms with E-state index in [-0.39, 0.29) is 11.7 Å². The lowest BCUT2D eigenvalue weighted by atomic mass is 10.1. The van der Waals surface area contributed by atoms with Gasteiger partial charge in [0.2, 0.25) is 5.82 Å². The zero-order valence-corrected chi connectivity index (χ0v) is 12.8. The van der Waals surface area contributed by atoms with Crippen molar-refractivity contribution in [3.05, 3.63) is 34.9 Å². The summed E-state index contributed by atoms with van der Waals surface area (Å²) in [7, 11) is 1.62. The van der Waals surface area contributed by atoms with Gasteiger partial charge in [-0.1, -0.05) is 13.0 Å². The molecule has 1 aromatic carbocycles. The van der Waals surface area contributed by atoms with Gasteiger partial charge in [0.05, 0.1) is 7.11 Å². The summed E-state index contributed by atoms with van der Waals surface area (Å²) >= 11 is 0. The molecule has 6 nitrogen and oxygen atoms in total. The number of methoxy groups -OCH3 is 1. The number of aromatic amines is 1. The monoisotopic (exact) mass is 288 g/mol. The highest BCUT2D eigenvalue weighted by atomic mass is 16.5. The predicted octanol–water partition coefficient (Wildman–Crippen LogP) is 2.63. The number of aromatic nitrogens is 3. The number of rotatable bonds is 5. The van der Waals surface area contributed by atoms with Crippen molar-refractivity contribution in [3.63, 3.8) is 0 Å². The summed E-state index contributed by atoms with van der Waals surface area (Å²) in [4.78, 5) is 16.3. The third-order valence-corrected chi connectivity index (χ3v) is 3.28. The van der Waals surface area contributed by atoms with Crippen LogP contribution in [0.25, 0.3) is 0 Å². The van der Waals surface area contributed by atoms with E-state index in [1.165, 1.54) is 0 Å². The molecule has 0 saturated heterocycles. The molecule has 2 rings (SSSR count). The molecule has 21 heavy (non-hydrogen) atoms. The highest BCUT2D eigenvalue weighted by Crippen LogP contribution is 2.29. The summed E-state index contributed by atoms with van der Waals surface area (Å²) in [6.45, 7) is 5.91. The van der Waals surface area contributed by atoms with Gasteiger partial charge in [-0.2, -0.15) is 0 Å². The summed E-state index contributed by atoms with van der Waals surface area (Å²) in [5.74, 6) is 1.32. The van der Waals surface area contributed by atoms with Gasteiger partial charge in [0.15, 0.2) is 0 Å². The van der Waals surface area contributed by atoms with Gasteiger partial charge in [-0.15, -0.1) is 5.10 Å². The number of benzene rings is 1. The number of amides is 1. The third-order valence-electron chi connectivity index (χ3n) is 3.28. The van der Waals surface area contributed by atoms with Gasteiger partial charge < -0.3 is 10.1 Å². The molecule has 2 N–H and O–H groups in total. The van der Waals surface area contributed by atoms with Gasteiger partial charge in [0.25, 0.3) is 5.91 Å². The van der Waals surface area contributed by atoms with E-state index in [4.69, 9.17) is 4.74 Å². The summed E-state index contributed by atoms with van der Waals surface area (Å²) in [6, 6.07) is 3.76. The van der Waals surface area contributed by atoms with Gasteiger partial charge in [0.1, 0.15) is 11.6 Å². The molecule has 0 bridgehead atoms. The Morgan fingerprint density at radius 1 is 1.38 bits per heavy atom. The molecular weight excluding hydrogens is 268 g/mol. The molecule has 1 aromatic heterocycles. The smallest absolute Gasteiger partial charge is 0.295 e.